The van der Waals surface area contributed by atoms with Crippen molar-refractivity contribution in [3.63, 3.8) is 0 Å². The molecule has 182 valence electrons. The van der Waals surface area contributed by atoms with Crippen LogP contribution in [0.2, 0.25) is 5.02 Å². The molecule has 0 aliphatic carbocycles. The first-order chi connectivity index (χ1) is 16.7. The van der Waals surface area contributed by atoms with E-state index >= 15 is 0 Å². The van der Waals surface area contributed by atoms with Gasteiger partial charge in [0, 0.05) is 24.0 Å². The summed E-state index contributed by atoms with van der Waals surface area (Å²) in [5.41, 5.74) is 2.42. The summed E-state index contributed by atoms with van der Waals surface area (Å²) in [6.45, 7) is 0. The van der Waals surface area contributed by atoms with Gasteiger partial charge in [0.2, 0.25) is 5.95 Å². The van der Waals surface area contributed by atoms with Gasteiger partial charge in [-0.2, -0.15) is 10.1 Å². The van der Waals surface area contributed by atoms with Crippen molar-refractivity contribution in [1.29, 1.82) is 0 Å². The van der Waals surface area contributed by atoms with Gasteiger partial charge in [-0.05, 0) is 30.7 Å². The number of rotatable bonds is 6. The smallest absolute Gasteiger partial charge is 0.255 e. The van der Waals surface area contributed by atoms with E-state index in [4.69, 9.17) is 16.3 Å². The molecule has 1 aliphatic rings. The molecule has 0 spiro atoms. The summed E-state index contributed by atoms with van der Waals surface area (Å²) < 4.78 is 30.4. The largest absolute Gasteiger partial charge is 0.496 e. The fourth-order valence-electron chi connectivity index (χ4n) is 4.01. The van der Waals surface area contributed by atoms with Gasteiger partial charge in [0.1, 0.15) is 5.75 Å². The van der Waals surface area contributed by atoms with Gasteiger partial charge in [0.05, 0.1) is 46.6 Å². The fraction of sp³-hybridized carbons (Fsp3) is 0.273. The molecule has 2 aromatic carbocycles. The maximum Gasteiger partial charge on any atom is 0.255 e. The Hall–Kier alpha value is -3.64. The summed E-state index contributed by atoms with van der Waals surface area (Å²) in [7, 11) is 0.108. The predicted molar refractivity (Wildman–Crippen MR) is 132 cm³/mol. The van der Waals surface area contributed by atoms with Gasteiger partial charge in [-0.1, -0.05) is 17.7 Å². The second-order valence-corrected chi connectivity index (χ2v) is 10.9. The molecule has 1 saturated heterocycles. The quantitative estimate of drug-likeness (QED) is 0.355. The molecule has 0 bridgehead atoms. The van der Waals surface area contributed by atoms with E-state index in [-0.39, 0.29) is 11.5 Å². The highest BCUT2D eigenvalue weighted by Crippen LogP contribution is 2.32. The van der Waals surface area contributed by atoms with Crippen molar-refractivity contribution in [2.45, 2.75) is 12.5 Å². The standard InChI is InChI=1S/C22H22ClN7O4S/c1-30-22(26-17-6-5-16-15(19(17)23)10-24-28-16)27-20(29-30)12-3-4-14(18(9-12)34-2)21(31)25-13-7-8-35(32,33)11-13/h3-6,9-10,13H,7-8,11H2,1-2H3,(H,24,28)(H,25,31)(H,26,27,29). The summed E-state index contributed by atoms with van der Waals surface area (Å²) in [4.78, 5) is 17.3. The zero-order valence-corrected chi connectivity index (χ0v) is 20.4. The summed E-state index contributed by atoms with van der Waals surface area (Å²) in [5, 5.41) is 18.6. The van der Waals surface area contributed by atoms with Crippen LogP contribution in [0.5, 0.6) is 5.75 Å². The van der Waals surface area contributed by atoms with Crippen molar-refractivity contribution >= 4 is 49.9 Å². The van der Waals surface area contributed by atoms with E-state index in [9.17, 15) is 13.2 Å². The molecule has 4 aromatic rings. The molecular formula is C22H22ClN7O4S. The van der Waals surface area contributed by atoms with Crippen LogP contribution in [0.25, 0.3) is 22.3 Å². The zero-order chi connectivity index (χ0) is 24.7. The summed E-state index contributed by atoms with van der Waals surface area (Å²) in [6.07, 6.45) is 2.06. The topological polar surface area (TPSA) is 144 Å². The average Bonchev–Trinajstić information content (AvgIpc) is 3.54. The number of benzene rings is 2. The molecule has 0 radical (unpaired) electrons. The molecule has 5 rings (SSSR count). The lowest BCUT2D eigenvalue weighted by Gasteiger charge is -2.13. The van der Waals surface area contributed by atoms with E-state index in [1.807, 2.05) is 12.1 Å². The normalized spacial score (nSPS) is 16.9. The summed E-state index contributed by atoms with van der Waals surface area (Å²) >= 11 is 6.50. The molecule has 2 aromatic heterocycles. The van der Waals surface area contributed by atoms with Gasteiger partial charge in [-0.25, -0.2) is 13.1 Å². The average molecular weight is 516 g/mol. The minimum atomic E-state index is -3.10. The van der Waals surface area contributed by atoms with Gasteiger partial charge in [-0.3, -0.25) is 9.89 Å². The molecule has 35 heavy (non-hydrogen) atoms. The highest BCUT2D eigenvalue weighted by molar-refractivity contribution is 7.91. The number of halogens is 1. The second-order valence-electron chi connectivity index (χ2n) is 8.25. The number of nitrogens with zero attached hydrogens (tertiary/aromatic N) is 4. The van der Waals surface area contributed by atoms with E-state index in [2.05, 4.69) is 30.9 Å². The van der Waals surface area contributed by atoms with E-state index in [0.717, 1.165) is 10.9 Å². The molecule has 11 nitrogen and oxygen atoms in total. The van der Waals surface area contributed by atoms with Crippen LogP contribution in [-0.4, -0.2) is 63.9 Å². The number of H-pyrrole nitrogens is 1. The van der Waals surface area contributed by atoms with Crippen molar-refractivity contribution in [2.24, 2.45) is 7.05 Å². The molecule has 0 saturated carbocycles. The zero-order valence-electron chi connectivity index (χ0n) is 18.9. The number of sulfone groups is 1. The maximum atomic E-state index is 12.8. The van der Waals surface area contributed by atoms with Crippen LogP contribution in [0.15, 0.2) is 36.5 Å². The predicted octanol–water partition coefficient (Wildman–Crippen LogP) is 2.68. The monoisotopic (exact) mass is 515 g/mol. The number of carbonyl (C=O) groups is 1. The Morgan fingerprint density at radius 1 is 1.29 bits per heavy atom. The number of carbonyl (C=O) groups excluding carboxylic acids is 1. The molecule has 3 heterocycles. The number of aryl methyl sites for hydroxylation is 1. The van der Waals surface area contributed by atoms with Crippen molar-refractivity contribution < 1.29 is 17.9 Å². The highest BCUT2D eigenvalue weighted by atomic mass is 35.5. The third-order valence-corrected chi connectivity index (χ3v) is 8.02. The number of aromatic amines is 1. The molecule has 1 unspecified atom stereocenters. The number of fused-ring (bicyclic) bond motifs is 1. The van der Waals surface area contributed by atoms with Crippen LogP contribution in [0, 0.1) is 0 Å². The Kier molecular flexibility index (Phi) is 5.85. The molecule has 13 heteroatoms. The molecule has 3 N–H and O–H groups in total. The van der Waals surface area contributed by atoms with Gasteiger partial charge >= 0.3 is 0 Å². The molecule has 1 aliphatic heterocycles. The lowest BCUT2D eigenvalue weighted by molar-refractivity contribution is 0.0938. The Morgan fingerprint density at radius 3 is 2.86 bits per heavy atom. The number of hydrogen-bond donors (Lipinski definition) is 3. The molecular weight excluding hydrogens is 494 g/mol. The Morgan fingerprint density at radius 2 is 2.11 bits per heavy atom. The molecule has 1 fully saturated rings. The Balaban J connectivity index is 1.38. The Labute approximate surface area is 205 Å². The highest BCUT2D eigenvalue weighted by Gasteiger charge is 2.30. The fourth-order valence-corrected chi connectivity index (χ4v) is 5.94. The summed E-state index contributed by atoms with van der Waals surface area (Å²) in [6, 6.07) is 8.28. The van der Waals surface area contributed by atoms with Crippen molar-refractivity contribution in [1.82, 2.24) is 30.3 Å². The molecule has 1 atom stereocenters. The minimum absolute atomic E-state index is 0.0513. The number of aromatic nitrogens is 5. The maximum absolute atomic E-state index is 12.8. The van der Waals surface area contributed by atoms with E-state index in [1.54, 1.807) is 36.1 Å². The van der Waals surface area contributed by atoms with Crippen molar-refractivity contribution in [3.05, 3.63) is 47.1 Å². The SMILES string of the molecule is COc1cc(-c2nc(Nc3ccc4[nH]ncc4c3Cl)n(C)n2)ccc1C(=O)NC1CCS(=O)(=O)C1. The van der Waals surface area contributed by atoms with Crippen LogP contribution in [0.1, 0.15) is 16.8 Å². The van der Waals surface area contributed by atoms with E-state index in [1.165, 1.54) is 7.11 Å². The minimum Gasteiger partial charge on any atom is -0.496 e. The number of amides is 1. The van der Waals surface area contributed by atoms with Crippen LogP contribution >= 0.6 is 11.6 Å². The van der Waals surface area contributed by atoms with Crippen molar-refractivity contribution in [2.75, 3.05) is 23.9 Å². The summed E-state index contributed by atoms with van der Waals surface area (Å²) in [5.74, 6) is 0.851. The lowest BCUT2D eigenvalue weighted by atomic mass is 10.1. The third kappa shape index (κ3) is 4.54. The van der Waals surface area contributed by atoms with Gasteiger partial charge in [-0.15, -0.1) is 5.10 Å². The first kappa shape index (κ1) is 23.1. The van der Waals surface area contributed by atoms with Crippen LogP contribution in [0.4, 0.5) is 11.6 Å². The first-order valence-corrected chi connectivity index (χ1v) is 12.9. The Bertz CT molecular complexity index is 1550. The van der Waals surface area contributed by atoms with E-state index in [0.29, 0.717) is 45.8 Å². The van der Waals surface area contributed by atoms with Crippen LogP contribution < -0.4 is 15.4 Å². The number of hydrogen-bond acceptors (Lipinski definition) is 8. The van der Waals surface area contributed by atoms with Gasteiger partial charge in [0.15, 0.2) is 15.7 Å². The number of nitrogens with one attached hydrogen (secondary N) is 3. The van der Waals surface area contributed by atoms with Gasteiger partial charge in [0.25, 0.3) is 5.91 Å². The number of anilines is 2. The van der Waals surface area contributed by atoms with Crippen LogP contribution in [0.3, 0.4) is 0 Å². The first-order valence-electron chi connectivity index (χ1n) is 10.7. The van der Waals surface area contributed by atoms with Gasteiger partial charge < -0.3 is 15.4 Å². The number of ether oxygens (including phenoxy) is 1. The second kappa shape index (κ2) is 8.86. The number of methoxy groups -OCH3 is 1. The third-order valence-electron chi connectivity index (χ3n) is 5.84. The van der Waals surface area contributed by atoms with E-state index < -0.39 is 21.8 Å². The van der Waals surface area contributed by atoms with Crippen LogP contribution in [-0.2, 0) is 16.9 Å². The lowest BCUT2D eigenvalue weighted by Crippen LogP contribution is -2.35. The molecule has 1 amide bonds. The van der Waals surface area contributed by atoms with Crippen molar-refractivity contribution in [3.8, 4) is 17.1 Å².